The Morgan fingerprint density at radius 3 is 1.83 bits per heavy atom. The summed E-state index contributed by atoms with van der Waals surface area (Å²) >= 11 is 6.83. The Labute approximate surface area is 150 Å². The van der Waals surface area contributed by atoms with Crippen molar-refractivity contribution in [1.82, 2.24) is 0 Å². The lowest BCUT2D eigenvalue weighted by atomic mass is 10.1. The molecule has 2 heteroatoms. The van der Waals surface area contributed by atoms with E-state index in [1.165, 1.54) is 81.9 Å². The summed E-state index contributed by atoms with van der Waals surface area (Å²) in [6.45, 7) is 6.06. The van der Waals surface area contributed by atoms with Crippen LogP contribution >= 0.6 is 11.1 Å². The smallest absolute Gasteiger partial charge is 0.161 e. The molecule has 0 aliphatic heterocycles. The van der Waals surface area contributed by atoms with Crippen LogP contribution in [0.15, 0.2) is 43.0 Å². The fourth-order valence-corrected chi connectivity index (χ4v) is 5.96. The Hall–Kier alpha value is -0.533. The van der Waals surface area contributed by atoms with E-state index in [9.17, 15) is 0 Å². The van der Waals surface area contributed by atoms with Crippen molar-refractivity contribution in [3.05, 3.63) is 43.0 Å². The zero-order valence-electron chi connectivity index (χ0n) is 15.0. The summed E-state index contributed by atoms with van der Waals surface area (Å²) in [5.74, 6) is 0. The average molecular weight is 351 g/mol. The second-order valence-electron chi connectivity index (χ2n) is 6.93. The number of hydrogen-bond acceptors (Lipinski definition) is 0. The maximum atomic E-state index is 6.83. The molecule has 0 saturated carbocycles. The molecule has 0 saturated heterocycles. The molecule has 1 rings (SSSR count). The Balaban J connectivity index is 1.94. The van der Waals surface area contributed by atoms with Gasteiger partial charge in [-0.2, -0.15) is 11.1 Å². The number of benzene rings is 1. The van der Waals surface area contributed by atoms with Gasteiger partial charge in [0, 0.05) is 0 Å². The quantitative estimate of drug-likeness (QED) is 0.144. The van der Waals surface area contributed by atoms with Crippen molar-refractivity contribution in [3.8, 4) is 0 Å². The van der Waals surface area contributed by atoms with Gasteiger partial charge in [0.15, 0.2) is 7.38 Å². The standard InChI is InChI=1S/C21H35ClSi/c1-3-4-5-6-7-8-9-10-11-12-13-17-20-23(2,22)21-18-15-14-16-19-21/h3,14-16,18-19H,1,4-13,17,20H2,2H3. The van der Waals surface area contributed by atoms with Gasteiger partial charge in [-0.1, -0.05) is 101 Å². The van der Waals surface area contributed by atoms with Crippen molar-refractivity contribution in [3.63, 3.8) is 0 Å². The van der Waals surface area contributed by atoms with Gasteiger partial charge in [0.1, 0.15) is 0 Å². The van der Waals surface area contributed by atoms with Crippen molar-refractivity contribution >= 4 is 23.6 Å². The zero-order valence-corrected chi connectivity index (χ0v) is 16.8. The van der Waals surface area contributed by atoms with Gasteiger partial charge in [0.05, 0.1) is 0 Å². The molecule has 0 heterocycles. The molecule has 1 atom stereocenters. The SMILES string of the molecule is C=CCCCCCCCCCCCC[Si](C)(Cl)c1ccccc1. The monoisotopic (exact) mass is 350 g/mol. The highest BCUT2D eigenvalue weighted by atomic mass is 35.6. The number of halogens is 1. The van der Waals surface area contributed by atoms with Crippen molar-refractivity contribution in [1.29, 1.82) is 0 Å². The summed E-state index contributed by atoms with van der Waals surface area (Å²) in [5.41, 5.74) is 0. The molecular weight excluding hydrogens is 316 g/mol. The maximum Gasteiger partial charge on any atom is 0.183 e. The molecule has 23 heavy (non-hydrogen) atoms. The van der Waals surface area contributed by atoms with Crippen LogP contribution in [0.3, 0.4) is 0 Å². The first kappa shape index (κ1) is 20.5. The molecule has 0 aliphatic rings. The average Bonchev–Trinajstić information content (AvgIpc) is 2.56. The third kappa shape index (κ3) is 10.0. The van der Waals surface area contributed by atoms with E-state index in [0.29, 0.717) is 0 Å². The van der Waals surface area contributed by atoms with Crippen LogP contribution in [0, 0.1) is 0 Å². The Morgan fingerprint density at radius 1 is 0.826 bits per heavy atom. The van der Waals surface area contributed by atoms with E-state index in [0.717, 1.165) is 0 Å². The van der Waals surface area contributed by atoms with Crippen molar-refractivity contribution in [2.75, 3.05) is 0 Å². The second-order valence-corrected chi connectivity index (χ2v) is 12.9. The maximum absolute atomic E-state index is 6.83. The Kier molecular flexibility index (Phi) is 11.4. The Morgan fingerprint density at radius 2 is 1.30 bits per heavy atom. The summed E-state index contributed by atoms with van der Waals surface area (Å²) < 4.78 is 0. The molecule has 0 amide bonds. The van der Waals surface area contributed by atoms with Gasteiger partial charge in [-0.05, 0) is 24.1 Å². The van der Waals surface area contributed by atoms with Crippen molar-refractivity contribution in [2.45, 2.75) is 83.2 Å². The first-order valence-electron chi connectivity index (χ1n) is 9.52. The van der Waals surface area contributed by atoms with E-state index in [-0.39, 0.29) is 0 Å². The van der Waals surface area contributed by atoms with E-state index in [4.69, 9.17) is 11.1 Å². The molecule has 130 valence electrons. The van der Waals surface area contributed by atoms with Crippen LogP contribution in [0.5, 0.6) is 0 Å². The summed E-state index contributed by atoms with van der Waals surface area (Å²) in [4.78, 5) is 0. The minimum absolute atomic E-state index is 1.19. The van der Waals surface area contributed by atoms with Gasteiger partial charge < -0.3 is 0 Å². The molecule has 0 spiro atoms. The minimum atomic E-state index is -1.71. The second kappa shape index (κ2) is 12.8. The third-order valence-corrected chi connectivity index (χ3v) is 8.73. The molecule has 0 bridgehead atoms. The third-order valence-electron chi connectivity index (χ3n) is 4.68. The van der Waals surface area contributed by atoms with Gasteiger partial charge in [-0.25, -0.2) is 0 Å². The van der Waals surface area contributed by atoms with E-state index in [1.54, 1.807) is 0 Å². The lowest BCUT2D eigenvalue weighted by Crippen LogP contribution is -2.38. The first-order chi connectivity index (χ1) is 11.2. The molecule has 1 aromatic carbocycles. The predicted octanol–water partition coefficient (Wildman–Crippen LogP) is 7.18. The highest BCUT2D eigenvalue weighted by Gasteiger charge is 2.25. The number of rotatable bonds is 14. The van der Waals surface area contributed by atoms with E-state index in [2.05, 4.69) is 43.5 Å². The van der Waals surface area contributed by atoms with Gasteiger partial charge >= 0.3 is 0 Å². The topological polar surface area (TPSA) is 0 Å². The highest BCUT2D eigenvalue weighted by Crippen LogP contribution is 2.20. The van der Waals surface area contributed by atoms with Gasteiger partial charge in [0.25, 0.3) is 0 Å². The largest absolute Gasteiger partial charge is 0.183 e. The molecule has 1 aromatic rings. The van der Waals surface area contributed by atoms with Gasteiger partial charge in [0.2, 0.25) is 0 Å². The van der Waals surface area contributed by atoms with Crippen molar-refractivity contribution in [2.24, 2.45) is 0 Å². The Bertz CT molecular complexity index is 400. The van der Waals surface area contributed by atoms with E-state index >= 15 is 0 Å². The molecule has 0 fully saturated rings. The number of hydrogen-bond donors (Lipinski definition) is 0. The highest BCUT2D eigenvalue weighted by molar-refractivity contribution is 7.26. The number of unbranched alkanes of at least 4 members (excludes halogenated alkanes) is 10. The molecule has 0 radical (unpaired) electrons. The lowest BCUT2D eigenvalue weighted by Gasteiger charge is -2.19. The fourth-order valence-electron chi connectivity index (χ4n) is 3.09. The van der Waals surface area contributed by atoms with E-state index < -0.39 is 7.38 Å². The minimum Gasteiger partial charge on any atom is -0.161 e. The van der Waals surface area contributed by atoms with Crippen LogP contribution in [0.4, 0.5) is 0 Å². The summed E-state index contributed by atoms with van der Waals surface area (Å²) in [7, 11) is -1.71. The van der Waals surface area contributed by atoms with Crippen LogP contribution in [-0.2, 0) is 0 Å². The summed E-state index contributed by atoms with van der Waals surface area (Å²) in [5, 5.41) is 1.39. The molecule has 0 N–H and O–H groups in total. The normalized spacial score (nSPS) is 13.7. The number of allylic oxidation sites excluding steroid dienone is 1. The molecule has 0 aromatic heterocycles. The van der Waals surface area contributed by atoms with Crippen LogP contribution < -0.4 is 5.19 Å². The van der Waals surface area contributed by atoms with Crippen LogP contribution in [0.2, 0.25) is 12.6 Å². The first-order valence-corrected chi connectivity index (χ1v) is 13.2. The summed E-state index contributed by atoms with van der Waals surface area (Å²) in [6.07, 6.45) is 17.0. The van der Waals surface area contributed by atoms with Gasteiger partial charge in [-0.15, -0.1) is 6.58 Å². The fraction of sp³-hybridized carbons (Fsp3) is 0.619. The van der Waals surface area contributed by atoms with Crippen LogP contribution in [0.25, 0.3) is 0 Å². The molecule has 0 nitrogen and oxygen atoms in total. The molecular formula is C21H35ClSi. The van der Waals surface area contributed by atoms with Crippen molar-refractivity contribution < 1.29 is 0 Å². The molecule has 0 aliphatic carbocycles. The van der Waals surface area contributed by atoms with Crippen LogP contribution in [-0.4, -0.2) is 7.38 Å². The lowest BCUT2D eigenvalue weighted by molar-refractivity contribution is 0.557. The van der Waals surface area contributed by atoms with E-state index in [1.807, 2.05) is 6.08 Å². The zero-order chi connectivity index (χ0) is 16.8. The van der Waals surface area contributed by atoms with Crippen LogP contribution in [0.1, 0.15) is 70.6 Å². The summed E-state index contributed by atoms with van der Waals surface area (Å²) in [6, 6.07) is 11.9. The van der Waals surface area contributed by atoms with Gasteiger partial charge in [-0.3, -0.25) is 0 Å². The molecule has 1 unspecified atom stereocenters. The predicted molar refractivity (Wildman–Crippen MR) is 109 cm³/mol.